The maximum absolute atomic E-state index is 12.4. The minimum Gasteiger partial charge on any atom is -0.396 e. The minimum atomic E-state index is 0.0107. The fourth-order valence-corrected chi connectivity index (χ4v) is 3.24. The Labute approximate surface area is 129 Å². The average molecular weight is 316 g/mol. The van der Waals surface area contributed by atoms with E-state index in [-0.39, 0.29) is 12.4 Å². The number of benzene rings is 1. The zero-order valence-corrected chi connectivity index (χ0v) is 12.8. The molecule has 1 aliphatic rings. The molecule has 0 bridgehead atoms. The molecule has 1 aromatic carbocycles. The number of carbonyl (C=O) groups excluding carboxylic acids is 1. The van der Waals surface area contributed by atoms with Crippen molar-refractivity contribution in [3.8, 4) is 0 Å². The van der Waals surface area contributed by atoms with Crippen LogP contribution < -0.4 is 0 Å². The summed E-state index contributed by atoms with van der Waals surface area (Å²) in [4.78, 5) is 14.5. The first-order valence-corrected chi connectivity index (χ1v) is 7.70. The Morgan fingerprint density at radius 1 is 1.35 bits per heavy atom. The number of hydrogen-bond acceptors (Lipinski definition) is 3. The van der Waals surface area contributed by atoms with E-state index in [0.717, 1.165) is 32.2 Å². The summed E-state index contributed by atoms with van der Waals surface area (Å²) in [6.07, 6.45) is 4.03. The van der Waals surface area contributed by atoms with E-state index in [1.807, 2.05) is 0 Å². The predicted molar refractivity (Wildman–Crippen MR) is 81.7 cm³/mol. The van der Waals surface area contributed by atoms with Gasteiger partial charge in [0, 0.05) is 23.2 Å². The van der Waals surface area contributed by atoms with Crippen molar-refractivity contribution in [1.82, 2.24) is 4.90 Å². The lowest BCUT2D eigenvalue weighted by Crippen LogP contribution is -2.43. The van der Waals surface area contributed by atoms with E-state index in [1.54, 1.807) is 18.2 Å². The Balaban J connectivity index is 2.05. The number of hydrogen-bond donors (Lipinski definition) is 1. The van der Waals surface area contributed by atoms with Gasteiger partial charge >= 0.3 is 0 Å². The number of piperidine rings is 1. The quantitative estimate of drug-likeness (QED) is 0.846. The van der Waals surface area contributed by atoms with Crippen molar-refractivity contribution in [2.75, 3.05) is 19.7 Å². The third kappa shape index (κ3) is 3.95. The van der Waals surface area contributed by atoms with Crippen LogP contribution in [0.1, 0.15) is 36.0 Å². The Bertz CT molecular complexity index is 477. The second-order valence-electron chi connectivity index (χ2n) is 5.18. The van der Waals surface area contributed by atoms with Crippen molar-refractivity contribution in [3.05, 3.63) is 33.8 Å². The molecular formula is C15H19Cl2NO2. The van der Waals surface area contributed by atoms with Crippen LogP contribution >= 0.6 is 23.2 Å². The van der Waals surface area contributed by atoms with Crippen LogP contribution in [0.4, 0.5) is 0 Å². The Morgan fingerprint density at radius 2 is 2.15 bits per heavy atom. The Morgan fingerprint density at radius 3 is 2.85 bits per heavy atom. The van der Waals surface area contributed by atoms with Crippen molar-refractivity contribution >= 4 is 29.0 Å². The second-order valence-corrected chi connectivity index (χ2v) is 6.02. The molecule has 0 aliphatic carbocycles. The predicted octanol–water partition coefficient (Wildman–Crippen LogP) is 3.41. The van der Waals surface area contributed by atoms with Gasteiger partial charge in [0.15, 0.2) is 5.78 Å². The minimum absolute atomic E-state index is 0.0107. The lowest BCUT2D eigenvalue weighted by molar-refractivity contribution is 0.0799. The third-order valence-corrected chi connectivity index (χ3v) is 4.34. The molecule has 1 N–H and O–H groups in total. The van der Waals surface area contributed by atoms with Crippen molar-refractivity contribution < 1.29 is 9.90 Å². The van der Waals surface area contributed by atoms with Gasteiger partial charge < -0.3 is 5.11 Å². The molecule has 0 aromatic heterocycles. The maximum Gasteiger partial charge on any atom is 0.178 e. The van der Waals surface area contributed by atoms with Gasteiger partial charge in [0.25, 0.3) is 0 Å². The summed E-state index contributed by atoms with van der Waals surface area (Å²) in [5.41, 5.74) is 0.518. The number of nitrogens with zero attached hydrogens (tertiary/aromatic N) is 1. The van der Waals surface area contributed by atoms with Gasteiger partial charge in [-0.15, -0.1) is 0 Å². The molecule has 0 amide bonds. The highest BCUT2D eigenvalue weighted by atomic mass is 35.5. The summed E-state index contributed by atoms with van der Waals surface area (Å²) in [6, 6.07) is 5.25. The normalized spacial score (nSPS) is 20.1. The van der Waals surface area contributed by atoms with Gasteiger partial charge in [-0.3, -0.25) is 9.69 Å². The van der Waals surface area contributed by atoms with E-state index in [4.69, 9.17) is 28.3 Å². The van der Waals surface area contributed by atoms with Crippen molar-refractivity contribution in [2.24, 2.45) is 0 Å². The van der Waals surface area contributed by atoms with Crippen LogP contribution in [0.2, 0.25) is 10.0 Å². The van der Waals surface area contributed by atoms with Gasteiger partial charge in [0.2, 0.25) is 0 Å². The van der Waals surface area contributed by atoms with Gasteiger partial charge in [0.05, 0.1) is 11.6 Å². The summed E-state index contributed by atoms with van der Waals surface area (Å²) < 4.78 is 0. The smallest absolute Gasteiger partial charge is 0.178 e. The SMILES string of the molecule is O=C(CN1CCCCC1CCO)c1ccc(Cl)cc1Cl. The molecule has 1 unspecified atom stereocenters. The zero-order valence-electron chi connectivity index (χ0n) is 11.3. The number of carbonyl (C=O) groups is 1. The van der Waals surface area contributed by atoms with E-state index in [0.29, 0.717) is 28.2 Å². The first-order valence-electron chi connectivity index (χ1n) is 6.95. The van der Waals surface area contributed by atoms with Gasteiger partial charge in [-0.05, 0) is 44.0 Å². The van der Waals surface area contributed by atoms with Crippen LogP contribution in [-0.2, 0) is 0 Å². The maximum atomic E-state index is 12.4. The molecule has 110 valence electrons. The summed E-state index contributed by atoms with van der Waals surface area (Å²) in [7, 11) is 0. The summed E-state index contributed by atoms with van der Waals surface area (Å²) in [5.74, 6) is 0.0107. The number of rotatable bonds is 5. The first-order chi connectivity index (χ1) is 9.61. The molecule has 1 heterocycles. The molecule has 20 heavy (non-hydrogen) atoms. The van der Waals surface area contributed by atoms with E-state index in [1.165, 1.54) is 0 Å². The highest BCUT2D eigenvalue weighted by Gasteiger charge is 2.24. The van der Waals surface area contributed by atoms with Crippen LogP contribution in [0.3, 0.4) is 0 Å². The van der Waals surface area contributed by atoms with Gasteiger partial charge in [0.1, 0.15) is 0 Å². The van der Waals surface area contributed by atoms with Gasteiger partial charge in [-0.1, -0.05) is 29.6 Å². The van der Waals surface area contributed by atoms with E-state index < -0.39 is 0 Å². The molecule has 0 radical (unpaired) electrons. The van der Waals surface area contributed by atoms with E-state index in [2.05, 4.69) is 4.90 Å². The number of Topliss-reactive ketones (excluding diaryl/α,β-unsaturated/α-hetero) is 1. The van der Waals surface area contributed by atoms with Crippen LogP contribution in [-0.4, -0.2) is 41.5 Å². The second kappa shape index (κ2) is 7.41. The summed E-state index contributed by atoms with van der Waals surface area (Å²) >= 11 is 11.9. The molecule has 0 saturated carbocycles. The number of aliphatic hydroxyl groups excluding tert-OH is 1. The highest BCUT2D eigenvalue weighted by Crippen LogP contribution is 2.24. The molecular weight excluding hydrogens is 297 g/mol. The highest BCUT2D eigenvalue weighted by molar-refractivity contribution is 6.36. The van der Waals surface area contributed by atoms with Crippen LogP contribution in [0, 0.1) is 0 Å². The Hall–Kier alpha value is -0.610. The number of ketones is 1. The molecule has 3 nitrogen and oxygen atoms in total. The lowest BCUT2D eigenvalue weighted by atomic mass is 9.98. The van der Waals surface area contributed by atoms with Gasteiger partial charge in [-0.25, -0.2) is 0 Å². The summed E-state index contributed by atoms with van der Waals surface area (Å²) in [5, 5.41) is 10.0. The average Bonchev–Trinajstić information content (AvgIpc) is 2.41. The molecule has 1 aromatic rings. The van der Waals surface area contributed by atoms with E-state index in [9.17, 15) is 4.79 Å². The van der Waals surface area contributed by atoms with Crippen LogP contribution in [0.5, 0.6) is 0 Å². The topological polar surface area (TPSA) is 40.5 Å². The molecule has 1 atom stereocenters. The molecule has 1 aliphatic heterocycles. The first kappa shape index (κ1) is 15.8. The molecule has 5 heteroatoms. The molecule has 1 saturated heterocycles. The molecule has 1 fully saturated rings. The fraction of sp³-hybridized carbons (Fsp3) is 0.533. The number of likely N-dealkylation sites (tertiary alicyclic amines) is 1. The monoisotopic (exact) mass is 315 g/mol. The van der Waals surface area contributed by atoms with E-state index >= 15 is 0 Å². The summed E-state index contributed by atoms with van der Waals surface area (Å²) in [6.45, 7) is 1.42. The van der Waals surface area contributed by atoms with Gasteiger partial charge in [-0.2, -0.15) is 0 Å². The number of aliphatic hydroxyl groups is 1. The fourth-order valence-electron chi connectivity index (χ4n) is 2.73. The van der Waals surface area contributed by atoms with Crippen molar-refractivity contribution in [1.29, 1.82) is 0 Å². The zero-order chi connectivity index (χ0) is 14.5. The van der Waals surface area contributed by atoms with Crippen LogP contribution in [0.25, 0.3) is 0 Å². The third-order valence-electron chi connectivity index (χ3n) is 3.79. The Kier molecular flexibility index (Phi) is 5.85. The molecule has 0 spiro atoms. The standard InChI is InChI=1S/C15H19Cl2NO2/c16-11-4-5-13(14(17)9-11)15(20)10-18-7-2-1-3-12(18)6-8-19/h4-5,9,12,19H,1-3,6-8,10H2. The largest absolute Gasteiger partial charge is 0.396 e. The van der Waals surface area contributed by atoms with Crippen molar-refractivity contribution in [3.63, 3.8) is 0 Å². The number of halogens is 2. The molecule has 2 rings (SSSR count). The van der Waals surface area contributed by atoms with Crippen LogP contribution in [0.15, 0.2) is 18.2 Å². The van der Waals surface area contributed by atoms with Crippen molar-refractivity contribution in [2.45, 2.75) is 31.7 Å². The lowest BCUT2D eigenvalue weighted by Gasteiger charge is -2.35.